The van der Waals surface area contributed by atoms with Gasteiger partial charge in [0.15, 0.2) is 0 Å². The summed E-state index contributed by atoms with van der Waals surface area (Å²) in [6.45, 7) is 3.49. The normalized spacial score (nSPS) is 19.0. The second-order valence-corrected chi connectivity index (χ2v) is 13.4. The maximum atomic E-state index is 2.96. The first-order chi connectivity index (χ1) is 16.4. The van der Waals surface area contributed by atoms with Crippen molar-refractivity contribution in [2.24, 2.45) is 0 Å². The molecule has 1 saturated carbocycles. The molecular formula is C29H32NPS2. The van der Waals surface area contributed by atoms with E-state index in [2.05, 4.69) is 107 Å². The molecule has 0 amide bonds. The topological polar surface area (TPSA) is 3.24 Å². The summed E-state index contributed by atoms with van der Waals surface area (Å²) in [6.07, 6.45) is 4.99. The van der Waals surface area contributed by atoms with Gasteiger partial charge in [-0.15, -0.1) is 22.7 Å². The summed E-state index contributed by atoms with van der Waals surface area (Å²) in [5, 5.41) is 4.52. The standard InChI is InChI=1S/C29H32NPS2/c1-2-3-20-30(31(27-16-10-21-32-27)28-17-11-22-33-28)29-25(23-12-6-4-7-13-23)18-19-26(29)24-14-8-5-9-15-24/h4-17,21-22,25-26,29H,2-3,18-20H2,1H3/t25-,26-/m1/s1. The molecule has 2 aromatic carbocycles. The van der Waals surface area contributed by atoms with Gasteiger partial charge in [0.2, 0.25) is 0 Å². The van der Waals surface area contributed by atoms with E-state index < -0.39 is 8.07 Å². The molecule has 4 heteroatoms. The van der Waals surface area contributed by atoms with E-state index in [-0.39, 0.29) is 0 Å². The maximum Gasteiger partial charge on any atom is 0.0492 e. The van der Waals surface area contributed by atoms with Crippen LogP contribution < -0.4 is 9.24 Å². The molecule has 0 unspecified atom stereocenters. The van der Waals surface area contributed by atoms with Gasteiger partial charge in [0.05, 0.1) is 0 Å². The third-order valence-corrected chi connectivity index (χ3v) is 12.0. The van der Waals surface area contributed by atoms with Crippen molar-refractivity contribution in [2.45, 2.75) is 50.5 Å². The molecule has 1 aliphatic carbocycles. The summed E-state index contributed by atoms with van der Waals surface area (Å²) in [7, 11) is -0.526. The lowest BCUT2D eigenvalue weighted by atomic mass is 9.87. The number of benzene rings is 2. The van der Waals surface area contributed by atoms with E-state index >= 15 is 0 Å². The molecule has 4 aromatic rings. The summed E-state index contributed by atoms with van der Waals surface area (Å²) >= 11 is 3.88. The third-order valence-electron chi connectivity index (χ3n) is 6.84. The van der Waals surface area contributed by atoms with E-state index in [1.165, 1.54) is 46.0 Å². The fourth-order valence-electron chi connectivity index (χ4n) is 5.37. The zero-order valence-electron chi connectivity index (χ0n) is 19.2. The maximum absolute atomic E-state index is 2.96. The number of rotatable bonds is 9. The van der Waals surface area contributed by atoms with E-state index in [4.69, 9.17) is 0 Å². The Morgan fingerprint density at radius 2 is 1.24 bits per heavy atom. The fraction of sp³-hybridized carbons (Fsp3) is 0.310. The SMILES string of the molecule is CCCCN(C1[C@@H](c2ccccc2)CC[C@@H]1c1ccccc1)P(c1cccs1)c1cccs1. The van der Waals surface area contributed by atoms with Gasteiger partial charge in [-0.3, -0.25) is 4.67 Å². The summed E-state index contributed by atoms with van der Waals surface area (Å²) in [6, 6.07) is 32.4. The Bertz CT molecular complexity index is 998. The molecule has 170 valence electrons. The van der Waals surface area contributed by atoms with E-state index in [0.29, 0.717) is 17.9 Å². The molecule has 0 bridgehead atoms. The predicted octanol–water partition coefficient (Wildman–Crippen LogP) is 7.99. The largest absolute Gasteiger partial charge is 0.269 e. The van der Waals surface area contributed by atoms with E-state index in [0.717, 1.165) is 6.54 Å². The van der Waals surface area contributed by atoms with Crippen molar-refractivity contribution in [1.82, 2.24) is 4.67 Å². The molecule has 1 nitrogen and oxygen atoms in total. The zero-order valence-corrected chi connectivity index (χ0v) is 21.7. The van der Waals surface area contributed by atoms with Crippen LogP contribution in [0, 0.1) is 0 Å². The first-order valence-corrected chi connectivity index (χ1v) is 15.2. The van der Waals surface area contributed by atoms with Crippen molar-refractivity contribution in [3.63, 3.8) is 0 Å². The monoisotopic (exact) mass is 489 g/mol. The van der Waals surface area contributed by atoms with Crippen LogP contribution in [-0.2, 0) is 0 Å². The summed E-state index contributed by atoms with van der Waals surface area (Å²) in [5.74, 6) is 1.14. The second kappa shape index (κ2) is 11.1. The van der Waals surface area contributed by atoms with Crippen LogP contribution in [0.15, 0.2) is 95.7 Å². The zero-order chi connectivity index (χ0) is 22.5. The van der Waals surface area contributed by atoms with E-state index in [1.807, 2.05) is 22.7 Å². The highest BCUT2D eigenvalue weighted by molar-refractivity contribution is 7.80. The number of hydrogen-bond donors (Lipinski definition) is 0. The van der Waals surface area contributed by atoms with Gasteiger partial charge >= 0.3 is 0 Å². The third kappa shape index (κ3) is 5.03. The quantitative estimate of drug-likeness (QED) is 0.215. The van der Waals surface area contributed by atoms with Crippen LogP contribution >= 0.6 is 30.7 Å². The van der Waals surface area contributed by atoms with Gasteiger partial charge in [0.25, 0.3) is 0 Å². The fourth-order valence-corrected chi connectivity index (χ4v) is 10.9. The van der Waals surface area contributed by atoms with Crippen molar-refractivity contribution in [1.29, 1.82) is 0 Å². The summed E-state index contributed by atoms with van der Waals surface area (Å²) in [4.78, 5) is 0. The van der Waals surface area contributed by atoms with E-state index in [9.17, 15) is 0 Å². The van der Waals surface area contributed by atoms with Gasteiger partial charge in [-0.25, -0.2) is 0 Å². The van der Waals surface area contributed by atoms with Gasteiger partial charge in [-0.05, 0) is 53.3 Å². The Labute approximate surface area is 207 Å². The van der Waals surface area contributed by atoms with Crippen molar-refractivity contribution in [2.75, 3.05) is 6.54 Å². The van der Waals surface area contributed by atoms with E-state index in [1.54, 1.807) is 0 Å². The van der Waals surface area contributed by atoms with Gasteiger partial charge in [0, 0.05) is 41.7 Å². The van der Waals surface area contributed by atoms with Crippen LogP contribution in [-0.4, -0.2) is 17.3 Å². The molecule has 0 N–H and O–H groups in total. The number of nitrogens with zero attached hydrogens (tertiary/aromatic N) is 1. The lowest BCUT2D eigenvalue weighted by molar-refractivity contribution is 0.296. The van der Waals surface area contributed by atoms with Crippen molar-refractivity contribution in [3.8, 4) is 0 Å². The molecule has 2 heterocycles. The van der Waals surface area contributed by atoms with Crippen LogP contribution in [0.2, 0.25) is 0 Å². The average molecular weight is 490 g/mol. The Balaban J connectivity index is 1.63. The Morgan fingerprint density at radius 3 is 1.67 bits per heavy atom. The average Bonchev–Trinajstić information content (AvgIpc) is 3.65. The highest BCUT2D eigenvalue weighted by Gasteiger charge is 2.44. The molecule has 1 fully saturated rings. The number of thiophene rings is 2. The van der Waals surface area contributed by atoms with Gasteiger partial charge < -0.3 is 0 Å². The lowest BCUT2D eigenvalue weighted by Crippen LogP contribution is -2.41. The first-order valence-electron chi connectivity index (χ1n) is 12.1. The molecule has 0 spiro atoms. The molecular weight excluding hydrogens is 457 g/mol. The van der Waals surface area contributed by atoms with Crippen molar-refractivity contribution in [3.05, 3.63) is 107 Å². The molecule has 2 atom stereocenters. The smallest absolute Gasteiger partial charge is 0.0492 e. The van der Waals surface area contributed by atoms with Crippen LogP contribution in [0.4, 0.5) is 0 Å². The Kier molecular flexibility index (Phi) is 7.74. The molecule has 0 radical (unpaired) electrons. The summed E-state index contributed by atoms with van der Waals surface area (Å²) in [5.41, 5.74) is 3.02. The minimum absolute atomic E-state index is 0.511. The summed E-state index contributed by atoms with van der Waals surface area (Å²) < 4.78 is 6.03. The van der Waals surface area contributed by atoms with Gasteiger partial charge in [-0.1, -0.05) is 86.1 Å². The van der Waals surface area contributed by atoms with Crippen LogP contribution in [0.25, 0.3) is 0 Å². The van der Waals surface area contributed by atoms with Crippen LogP contribution in [0.5, 0.6) is 0 Å². The molecule has 5 rings (SSSR count). The predicted molar refractivity (Wildman–Crippen MR) is 148 cm³/mol. The molecule has 0 aliphatic heterocycles. The van der Waals surface area contributed by atoms with Crippen LogP contribution in [0.3, 0.4) is 0 Å². The number of unbranched alkanes of at least 4 members (excludes halogenated alkanes) is 1. The molecule has 33 heavy (non-hydrogen) atoms. The Hall–Kier alpha value is -1.77. The van der Waals surface area contributed by atoms with Gasteiger partial charge in [0.1, 0.15) is 0 Å². The molecule has 2 aromatic heterocycles. The van der Waals surface area contributed by atoms with Crippen LogP contribution in [0.1, 0.15) is 55.6 Å². The molecule has 1 aliphatic rings. The van der Waals surface area contributed by atoms with Gasteiger partial charge in [-0.2, -0.15) is 0 Å². The minimum Gasteiger partial charge on any atom is -0.269 e. The first kappa shape index (κ1) is 23.0. The van der Waals surface area contributed by atoms with Crippen molar-refractivity contribution >= 4 is 40.0 Å². The number of hydrogen-bond acceptors (Lipinski definition) is 3. The highest BCUT2D eigenvalue weighted by atomic mass is 32.1. The lowest BCUT2D eigenvalue weighted by Gasteiger charge is -2.41. The second-order valence-electron chi connectivity index (χ2n) is 8.83. The molecule has 0 saturated heterocycles. The van der Waals surface area contributed by atoms with Crippen molar-refractivity contribution < 1.29 is 0 Å². The highest BCUT2D eigenvalue weighted by Crippen LogP contribution is 2.54. The Morgan fingerprint density at radius 1 is 0.727 bits per heavy atom. The minimum atomic E-state index is -0.526.